The number of ketones is 1. The highest BCUT2D eigenvalue weighted by Crippen LogP contribution is 2.26. The minimum Gasteiger partial charge on any atom is -0.434 e. The van der Waals surface area contributed by atoms with Gasteiger partial charge in [0.1, 0.15) is 5.52 Å². The van der Waals surface area contributed by atoms with Crippen molar-refractivity contribution in [2.24, 2.45) is 11.7 Å². The molecule has 0 spiro atoms. The predicted octanol–water partition coefficient (Wildman–Crippen LogP) is 4.61. The molecule has 0 aliphatic rings. The van der Waals surface area contributed by atoms with E-state index >= 15 is 0 Å². The van der Waals surface area contributed by atoms with Crippen molar-refractivity contribution in [3.8, 4) is 0 Å². The molecule has 0 saturated heterocycles. The van der Waals surface area contributed by atoms with Gasteiger partial charge in [-0.25, -0.2) is 4.98 Å². The van der Waals surface area contributed by atoms with Gasteiger partial charge >= 0.3 is 0 Å². The normalized spacial score (nSPS) is 12.6. The number of oxazole rings is 1. The number of nitrogens with one attached hydrogen (secondary N) is 2. The fourth-order valence-electron chi connectivity index (χ4n) is 4.39. The lowest BCUT2D eigenvalue weighted by Gasteiger charge is -2.16. The second-order valence-corrected chi connectivity index (χ2v) is 9.71. The molecule has 2 amide bonds. The minimum absolute atomic E-state index is 0.0713. The van der Waals surface area contributed by atoms with Crippen molar-refractivity contribution in [2.75, 3.05) is 13.1 Å². The molecule has 4 N–H and O–H groups in total. The van der Waals surface area contributed by atoms with Crippen LogP contribution in [0.5, 0.6) is 0 Å². The van der Waals surface area contributed by atoms with Crippen molar-refractivity contribution in [1.82, 2.24) is 15.6 Å². The number of benzene rings is 3. The molecule has 4 aromatic rings. The second kappa shape index (κ2) is 13.5. The molecule has 2 atom stereocenters. The predicted molar refractivity (Wildman–Crippen MR) is 150 cm³/mol. The lowest BCUT2D eigenvalue weighted by molar-refractivity contribution is -0.121. The molecule has 0 fully saturated rings. The Morgan fingerprint density at radius 1 is 0.923 bits per heavy atom. The van der Waals surface area contributed by atoms with E-state index in [-0.39, 0.29) is 29.4 Å². The molecule has 39 heavy (non-hydrogen) atoms. The van der Waals surface area contributed by atoms with Crippen molar-refractivity contribution in [3.63, 3.8) is 0 Å². The van der Waals surface area contributed by atoms with E-state index < -0.39 is 5.92 Å². The summed E-state index contributed by atoms with van der Waals surface area (Å²) < 4.78 is 5.72. The highest BCUT2D eigenvalue weighted by molar-refractivity contribution is 5.99. The van der Waals surface area contributed by atoms with Crippen LogP contribution in [0.1, 0.15) is 64.3 Å². The number of fused-ring (bicyclic) bond motifs is 1. The zero-order chi connectivity index (χ0) is 27.6. The number of para-hydroxylation sites is 2. The highest BCUT2D eigenvalue weighted by atomic mass is 16.4. The van der Waals surface area contributed by atoms with E-state index in [1.54, 1.807) is 24.3 Å². The van der Waals surface area contributed by atoms with Crippen LogP contribution in [0.15, 0.2) is 83.3 Å². The summed E-state index contributed by atoms with van der Waals surface area (Å²) in [6.45, 7) is 3.18. The van der Waals surface area contributed by atoms with Crippen LogP contribution in [0.25, 0.3) is 11.1 Å². The van der Waals surface area contributed by atoms with Crippen LogP contribution in [-0.2, 0) is 11.3 Å². The first-order chi connectivity index (χ1) is 18.9. The van der Waals surface area contributed by atoms with Gasteiger partial charge in [0, 0.05) is 31.6 Å². The van der Waals surface area contributed by atoms with E-state index in [2.05, 4.69) is 15.6 Å². The zero-order valence-electron chi connectivity index (χ0n) is 22.1. The maximum absolute atomic E-state index is 13.4. The Balaban J connectivity index is 1.25. The molecule has 8 heteroatoms. The van der Waals surface area contributed by atoms with E-state index in [9.17, 15) is 14.4 Å². The summed E-state index contributed by atoms with van der Waals surface area (Å²) in [5.41, 5.74) is 9.17. The first kappa shape index (κ1) is 27.7. The van der Waals surface area contributed by atoms with Gasteiger partial charge in [-0.15, -0.1) is 0 Å². The zero-order valence-corrected chi connectivity index (χ0v) is 22.1. The number of rotatable bonds is 13. The van der Waals surface area contributed by atoms with Crippen molar-refractivity contribution in [1.29, 1.82) is 0 Å². The van der Waals surface area contributed by atoms with Gasteiger partial charge in [-0.3, -0.25) is 14.4 Å². The number of amides is 2. The number of carbonyl (C=O) groups excluding carboxylic acids is 3. The maximum atomic E-state index is 13.4. The molecule has 8 nitrogen and oxygen atoms in total. The lowest BCUT2D eigenvalue weighted by Crippen LogP contribution is -2.30. The van der Waals surface area contributed by atoms with Crippen LogP contribution in [0.2, 0.25) is 0 Å². The highest BCUT2D eigenvalue weighted by Gasteiger charge is 2.26. The summed E-state index contributed by atoms with van der Waals surface area (Å²) in [6, 6.07) is 24.0. The van der Waals surface area contributed by atoms with E-state index in [4.69, 9.17) is 10.2 Å². The van der Waals surface area contributed by atoms with Crippen molar-refractivity contribution in [2.45, 2.75) is 38.6 Å². The smallest absolute Gasteiger partial charge is 0.264 e. The van der Waals surface area contributed by atoms with Crippen LogP contribution in [0, 0.1) is 5.92 Å². The topological polar surface area (TPSA) is 127 Å². The summed E-state index contributed by atoms with van der Waals surface area (Å²) >= 11 is 0. The lowest BCUT2D eigenvalue weighted by atomic mass is 9.91. The van der Waals surface area contributed by atoms with Crippen molar-refractivity contribution in [3.05, 3.63) is 101 Å². The number of hydrogen-bond donors (Lipinski definition) is 3. The largest absolute Gasteiger partial charge is 0.434 e. The number of nitrogens with zero attached hydrogens (tertiary/aromatic N) is 1. The Morgan fingerprint density at radius 2 is 1.69 bits per heavy atom. The third kappa shape index (κ3) is 7.61. The molecule has 0 bridgehead atoms. The second-order valence-electron chi connectivity index (χ2n) is 9.71. The van der Waals surface area contributed by atoms with Gasteiger partial charge in [-0.05, 0) is 54.2 Å². The van der Waals surface area contributed by atoms with Gasteiger partial charge in [-0.2, -0.15) is 0 Å². The van der Waals surface area contributed by atoms with Crippen LogP contribution >= 0.6 is 0 Å². The van der Waals surface area contributed by atoms with E-state index in [0.717, 1.165) is 11.1 Å². The van der Waals surface area contributed by atoms with Gasteiger partial charge in [0.15, 0.2) is 5.58 Å². The van der Waals surface area contributed by atoms with Crippen LogP contribution in [0.4, 0.5) is 0 Å². The summed E-state index contributed by atoms with van der Waals surface area (Å²) in [4.78, 5) is 42.7. The molecule has 1 heterocycles. The molecule has 0 saturated carbocycles. The number of carbonyl (C=O) groups is 3. The SMILES string of the molecule is CC(CCC(=O)NCCC(C(=O)c1nc2ccccc2o1)c1ccccc1)CNC(=O)c1cccc(CN)c1. The summed E-state index contributed by atoms with van der Waals surface area (Å²) in [7, 11) is 0. The number of hydrogen-bond acceptors (Lipinski definition) is 6. The fourth-order valence-corrected chi connectivity index (χ4v) is 4.39. The van der Waals surface area contributed by atoms with Crippen molar-refractivity contribution < 1.29 is 18.8 Å². The molecule has 0 aliphatic heterocycles. The summed E-state index contributed by atoms with van der Waals surface area (Å²) in [5, 5.41) is 5.86. The van der Waals surface area contributed by atoms with Gasteiger partial charge < -0.3 is 20.8 Å². The molecule has 4 rings (SSSR count). The molecule has 2 unspecified atom stereocenters. The first-order valence-electron chi connectivity index (χ1n) is 13.2. The van der Waals surface area contributed by atoms with E-state index in [1.165, 1.54) is 0 Å². The van der Waals surface area contributed by atoms with Gasteiger partial charge in [0.25, 0.3) is 11.8 Å². The van der Waals surface area contributed by atoms with Gasteiger partial charge in [0.2, 0.25) is 11.7 Å². The van der Waals surface area contributed by atoms with Crippen LogP contribution in [0.3, 0.4) is 0 Å². The molecular weight excluding hydrogens is 492 g/mol. The summed E-state index contributed by atoms with van der Waals surface area (Å²) in [5.74, 6) is -0.765. The summed E-state index contributed by atoms with van der Waals surface area (Å²) in [6.07, 6.45) is 1.37. The third-order valence-corrected chi connectivity index (χ3v) is 6.68. The van der Waals surface area contributed by atoms with Crippen LogP contribution in [-0.4, -0.2) is 35.7 Å². The molecule has 202 valence electrons. The standard InChI is InChI=1S/C31H34N4O4/c1-21(20-34-30(38)24-11-7-8-22(18-24)19-32)14-15-28(36)33-17-16-25(23-9-3-2-4-10-23)29(37)31-35-26-12-5-6-13-27(26)39-31/h2-13,18,21,25H,14-17,19-20,32H2,1H3,(H,33,36)(H,34,38). The number of Topliss-reactive ketones (excluding diaryl/α,β-unsaturated/α-hetero) is 1. The Hall–Kier alpha value is -4.30. The van der Waals surface area contributed by atoms with Crippen LogP contribution < -0.4 is 16.4 Å². The molecular formula is C31H34N4O4. The average molecular weight is 527 g/mol. The Labute approximate surface area is 228 Å². The number of nitrogens with two attached hydrogens (primary N) is 1. The minimum atomic E-state index is -0.494. The monoisotopic (exact) mass is 526 g/mol. The van der Waals surface area contributed by atoms with E-state index in [0.29, 0.717) is 55.6 Å². The molecule has 0 aliphatic carbocycles. The molecule has 0 radical (unpaired) electrons. The van der Waals surface area contributed by atoms with E-state index in [1.807, 2.05) is 61.5 Å². The quantitative estimate of drug-likeness (QED) is 0.218. The third-order valence-electron chi connectivity index (χ3n) is 6.68. The maximum Gasteiger partial charge on any atom is 0.264 e. The van der Waals surface area contributed by atoms with Gasteiger partial charge in [-0.1, -0.05) is 61.5 Å². The average Bonchev–Trinajstić information content (AvgIpc) is 3.42. The van der Waals surface area contributed by atoms with Gasteiger partial charge in [0.05, 0.1) is 5.92 Å². The Bertz CT molecular complexity index is 1380. The van der Waals surface area contributed by atoms with Crippen molar-refractivity contribution >= 4 is 28.7 Å². The molecule has 3 aromatic carbocycles. The number of aromatic nitrogens is 1. The Morgan fingerprint density at radius 3 is 2.46 bits per heavy atom. The Kier molecular flexibility index (Phi) is 9.58. The molecule has 1 aromatic heterocycles. The first-order valence-corrected chi connectivity index (χ1v) is 13.2. The fraction of sp³-hybridized carbons (Fsp3) is 0.290.